The van der Waals surface area contributed by atoms with Crippen molar-refractivity contribution in [2.75, 3.05) is 0 Å². The molecule has 2 rings (SSSR count). The molecule has 4 nitrogen and oxygen atoms in total. The van der Waals surface area contributed by atoms with E-state index in [-0.39, 0.29) is 5.91 Å². The molecule has 82 valence electrons. The van der Waals surface area contributed by atoms with Crippen LogP contribution in [0.3, 0.4) is 0 Å². The molecule has 0 saturated heterocycles. The second-order valence-corrected chi connectivity index (χ2v) is 5.07. The maximum atomic E-state index is 11.8. The molecule has 1 amide bonds. The number of aryl methyl sites for hydroxylation is 1. The van der Waals surface area contributed by atoms with Gasteiger partial charge in [-0.2, -0.15) is 5.26 Å². The molecule has 1 aromatic heterocycles. The minimum atomic E-state index is -0.629. The van der Waals surface area contributed by atoms with Gasteiger partial charge in [0.15, 0.2) is 0 Å². The van der Waals surface area contributed by atoms with Crippen LogP contribution < -0.4 is 5.32 Å². The first-order chi connectivity index (χ1) is 7.56. The first kappa shape index (κ1) is 11.3. The average Bonchev–Trinajstić information content (AvgIpc) is 3.02. The van der Waals surface area contributed by atoms with E-state index in [1.807, 2.05) is 13.0 Å². The van der Waals surface area contributed by atoms with Crippen LogP contribution in [0.25, 0.3) is 0 Å². The highest BCUT2D eigenvalue weighted by molar-refractivity contribution is 14.1. The lowest BCUT2D eigenvalue weighted by Crippen LogP contribution is -2.36. The van der Waals surface area contributed by atoms with E-state index >= 15 is 0 Å². The Morgan fingerprint density at radius 2 is 2.31 bits per heavy atom. The number of halogens is 1. The highest BCUT2D eigenvalue weighted by Gasteiger charge is 2.44. The van der Waals surface area contributed by atoms with E-state index in [0.717, 1.165) is 22.1 Å². The van der Waals surface area contributed by atoms with Gasteiger partial charge in [-0.05, 0) is 54.5 Å². The van der Waals surface area contributed by atoms with Crippen LogP contribution in [0.5, 0.6) is 0 Å². The standard InChI is InChI=1S/C11H10IN3O/c1-7-8(12)2-3-9(14-7)10(16)15-11(6-13)4-5-11/h2-3H,4-5H2,1H3,(H,15,16). The van der Waals surface area contributed by atoms with Gasteiger partial charge >= 0.3 is 0 Å². The summed E-state index contributed by atoms with van der Waals surface area (Å²) < 4.78 is 1.02. The van der Waals surface area contributed by atoms with Gasteiger partial charge < -0.3 is 5.32 Å². The first-order valence-electron chi connectivity index (χ1n) is 4.93. The van der Waals surface area contributed by atoms with Gasteiger partial charge in [0.05, 0.1) is 11.8 Å². The average molecular weight is 327 g/mol. The maximum Gasteiger partial charge on any atom is 0.271 e. The summed E-state index contributed by atoms with van der Waals surface area (Å²) in [4.78, 5) is 16.0. The van der Waals surface area contributed by atoms with Gasteiger partial charge in [-0.1, -0.05) is 0 Å². The topological polar surface area (TPSA) is 65.8 Å². The fraction of sp³-hybridized carbons (Fsp3) is 0.364. The summed E-state index contributed by atoms with van der Waals surface area (Å²) in [5.41, 5.74) is 0.574. The molecule has 0 atom stereocenters. The summed E-state index contributed by atoms with van der Waals surface area (Å²) in [5.74, 6) is -0.265. The van der Waals surface area contributed by atoms with Crippen molar-refractivity contribution in [3.63, 3.8) is 0 Å². The number of pyridine rings is 1. The van der Waals surface area contributed by atoms with E-state index in [4.69, 9.17) is 5.26 Å². The molecule has 1 fully saturated rings. The van der Waals surface area contributed by atoms with Crippen molar-refractivity contribution >= 4 is 28.5 Å². The number of nitriles is 1. The molecule has 5 heteroatoms. The number of nitrogens with one attached hydrogen (secondary N) is 1. The molecule has 0 aromatic carbocycles. The predicted molar refractivity (Wildman–Crippen MR) is 66.7 cm³/mol. The third-order valence-corrected chi connectivity index (χ3v) is 3.71. The van der Waals surface area contributed by atoms with Gasteiger partial charge in [0.1, 0.15) is 11.2 Å². The van der Waals surface area contributed by atoms with Crippen molar-refractivity contribution in [2.45, 2.75) is 25.3 Å². The Balaban J connectivity index is 2.16. The lowest BCUT2D eigenvalue weighted by Gasteiger charge is -2.09. The van der Waals surface area contributed by atoms with Gasteiger partial charge in [0, 0.05) is 3.57 Å². The highest BCUT2D eigenvalue weighted by atomic mass is 127. The van der Waals surface area contributed by atoms with Crippen molar-refractivity contribution in [1.82, 2.24) is 10.3 Å². The zero-order valence-electron chi connectivity index (χ0n) is 8.75. The molecule has 1 aliphatic carbocycles. The van der Waals surface area contributed by atoms with Crippen LogP contribution in [0.2, 0.25) is 0 Å². The van der Waals surface area contributed by atoms with E-state index in [0.29, 0.717) is 5.69 Å². The quantitative estimate of drug-likeness (QED) is 0.842. The van der Waals surface area contributed by atoms with Gasteiger partial charge in [0.25, 0.3) is 5.91 Å². The molecule has 1 saturated carbocycles. The van der Waals surface area contributed by atoms with E-state index in [1.165, 1.54) is 0 Å². The van der Waals surface area contributed by atoms with Crippen LogP contribution in [0.15, 0.2) is 12.1 Å². The van der Waals surface area contributed by atoms with Crippen molar-refractivity contribution in [1.29, 1.82) is 5.26 Å². The van der Waals surface area contributed by atoms with Crippen molar-refractivity contribution in [3.05, 3.63) is 27.1 Å². The number of nitrogens with zero attached hydrogens (tertiary/aromatic N) is 2. The Morgan fingerprint density at radius 1 is 1.62 bits per heavy atom. The molecule has 0 bridgehead atoms. The largest absolute Gasteiger partial charge is 0.332 e. The summed E-state index contributed by atoms with van der Waals surface area (Å²) in [7, 11) is 0. The van der Waals surface area contributed by atoms with Crippen LogP contribution in [0, 0.1) is 21.8 Å². The molecule has 1 aliphatic rings. The summed E-state index contributed by atoms with van der Waals surface area (Å²) in [6.45, 7) is 1.86. The molecular weight excluding hydrogens is 317 g/mol. The summed E-state index contributed by atoms with van der Waals surface area (Å²) in [6.07, 6.45) is 1.47. The monoisotopic (exact) mass is 327 g/mol. The minimum Gasteiger partial charge on any atom is -0.332 e. The summed E-state index contributed by atoms with van der Waals surface area (Å²) in [6, 6.07) is 5.65. The van der Waals surface area contributed by atoms with Crippen molar-refractivity contribution < 1.29 is 4.79 Å². The Bertz CT molecular complexity index is 488. The molecule has 0 radical (unpaired) electrons. The van der Waals surface area contributed by atoms with Crippen LogP contribution in [0.1, 0.15) is 29.0 Å². The van der Waals surface area contributed by atoms with E-state index < -0.39 is 5.54 Å². The summed E-state index contributed by atoms with van der Waals surface area (Å²) >= 11 is 2.17. The molecule has 0 spiro atoms. The fourth-order valence-corrected chi connectivity index (χ4v) is 1.64. The zero-order chi connectivity index (χ0) is 11.8. The number of hydrogen-bond acceptors (Lipinski definition) is 3. The molecule has 0 aliphatic heterocycles. The molecule has 16 heavy (non-hydrogen) atoms. The normalized spacial score (nSPS) is 16.3. The predicted octanol–water partition coefficient (Wildman–Crippen LogP) is 1.78. The fourth-order valence-electron chi connectivity index (χ4n) is 1.34. The SMILES string of the molecule is Cc1nc(C(=O)NC2(C#N)CC2)ccc1I. The number of amides is 1. The third-order valence-electron chi connectivity index (χ3n) is 2.57. The van der Waals surface area contributed by atoms with E-state index in [1.54, 1.807) is 6.07 Å². The minimum absolute atomic E-state index is 0.265. The van der Waals surface area contributed by atoms with Crippen LogP contribution in [-0.4, -0.2) is 16.4 Å². The highest BCUT2D eigenvalue weighted by Crippen LogP contribution is 2.34. The Hall–Kier alpha value is -1.16. The number of rotatable bonds is 2. The number of carbonyl (C=O) groups is 1. The Morgan fingerprint density at radius 3 is 2.81 bits per heavy atom. The van der Waals surface area contributed by atoms with Gasteiger partial charge in [-0.25, -0.2) is 4.98 Å². The van der Waals surface area contributed by atoms with Gasteiger partial charge in [-0.15, -0.1) is 0 Å². The smallest absolute Gasteiger partial charge is 0.271 e. The van der Waals surface area contributed by atoms with Crippen molar-refractivity contribution in [3.8, 4) is 6.07 Å². The maximum absolute atomic E-state index is 11.8. The molecular formula is C11H10IN3O. The molecule has 0 unspecified atom stereocenters. The van der Waals surface area contributed by atoms with E-state index in [2.05, 4.69) is 39.0 Å². The number of hydrogen-bond donors (Lipinski definition) is 1. The van der Waals surface area contributed by atoms with Crippen molar-refractivity contribution in [2.24, 2.45) is 0 Å². The Labute approximate surface area is 107 Å². The van der Waals surface area contributed by atoms with Gasteiger partial charge in [-0.3, -0.25) is 4.79 Å². The lowest BCUT2D eigenvalue weighted by atomic mass is 10.2. The molecule has 1 N–H and O–H groups in total. The van der Waals surface area contributed by atoms with Crippen LogP contribution in [0.4, 0.5) is 0 Å². The zero-order valence-corrected chi connectivity index (χ0v) is 10.9. The number of aromatic nitrogens is 1. The molecule has 1 heterocycles. The first-order valence-corrected chi connectivity index (χ1v) is 6.01. The molecule has 1 aromatic rings. The number of carbonyl (C=O) groups excluding carboxylic acids is 1. The van der Waals surface area contributed by atoms with Crippen LogP contribution in [-0.2, 0) is 0 Å². The summed E-state index contributed by atoms with van der Waals surface area (Å²) in [5, 5.41) is 11.6. The van der Waals surface area contributed by atoms with E-state index in [9.17, 15) is 4.79 Å². The Kier molecular flexibility index (Phi) is 2.84. The lowest BCUT2D eigenvalue weighted by molar-refractivity contribution is 0.0936. The second kappa shape index (κ2) is 4.01. The second-order valence-electron chi connectivity index (χ2n) is 3.91. The van der Waals surface area contributed by atoms with Crippen LogP contribution >= 0.6 is 22.6 Å². The third kappa shape index (κ3) is 2.16. The van der Waals surface area contributed by atoms with Gasteiger partial charge in [0.2, 0.25) is 0 Å².